The molecule has 116 valence electrons. The van der Waals surface area contributed by atoms with Crippen molar-refractivity contribution in [2.24, 2.45) is 5.92 Å². The van der Waals surface area contributed by atoms with E-state index in [9.17, 15) is 9.59 Å². The Labute approximate surface area is 132 Å². The van der Waals surface area contributed by atoms with Crippen LogP contribution in [0.15, 0.2) is 28.7 Å². The average Bonchev–Trinajstić information content (AvgIpc) is 2.44. The van der Waals surface area contributed by atoms with Gasteiger partial charge in [-0.05, 0) is 48.3 Å². The van der Waals surface area contributed by atoms with E-state index in [4.69, 9.17) is 9.84 Å². The molecule has 0 aliphatic carbocycles. The molecule has 0 radical (unpaired) electrons. The summed E-state index contributed by atoms with van der Waals surface area (Å²) in [6, 6.07) is 7.12. The summed E-state index contributed by atoms with van der Waals surface area (Å²) in [5.41, 5.74) is 0. The van der Waals surface area contributed by atoms with Crippen LogP contribution < -0.4 is 10.1 Å². The maximum absolute atomic E-state index is 11.7. The Balaban J connectivity index is 2.25. The van der Waals surface area contributed by atoms with Gasteiger partial charge in [-0.1, -0.05) is 12.1 Å². The Morgan fingerprint density at radius 3 is 2.62 bits per heavy atom. The van der Waals surface area contributed by atoms with Gasteiger partial charge in [-0.25, -0.2) is 0 Å². The molecule has 0 aliphatic rings. The van der Waals surface area contributed by atoms with Crippen LogP contribution in [0.1, 0.15) is 26.7 Å². The van der Waals surface area contributed by atoms with E-state index in [0.29, 0.717) is 19.4 Å². The van der Waals surface area contributed by atoms with Gasteiger partial charge in [-0.2, -0.15) is 0 Å². The van der Waals surface area contributed by atoms with Gasteiger partial charge in [0.2, 0.25) is 5.91 Å². The maximum atomic E-state index is 11.7. The molecule has 0 aliphatic heterocycles. The van der Waals surface area contributed by atoms with E-state index in [2.05, 4.69) is 21.2 Å². The highest BCUT2D eigenvalue weighted by molar-refractivity contribution is 9.10. The number of amides is 1. The molecule has 5 nitrogen and oxygen atoms in total. The lowest BCUT2D eigenvalue weighted by Crippen LogP contribution is -2.40. The zero-order valence-corrected chi connectivity index (χ0v) is 13.7. The second kappa shape index (κ2) is 8.67. The monoisotopic (exact) mass is 357 g/mol. The van der Waals surface area contributed by atoms with Crippen molar-refractivity contribution in [3.63, 3.8) is 0 Å². The number of carboxylic acid groups (broad SMARTS) is 1. The molecule has 1 aromatic carbocycles. The third-order valence-corrected chi connectivity index (χ3v) is 3.83. The molecule has 1 amide bonds. The second-order valence-corrected chi connectivity index (χ2v) is 5.72. The molecular weight excluding hydrogens is 338 g/mol. The number of rotatable bonds is 8. The first kappa shape index (κ1) is 17.5. The summed E-state index contributed by atoms with van der Waals surface area (Å²) in [5, 5.41) is 11.5. The fourth-order valence-corrected chi connectivity index (χ4v) is 2.04. The number of para-hydroxylation sites is 1. The van der Waals surface area contributed by atoms with Gasteiger partial charge in [-0.15, -0.1) is 0 Å². The summed E-state index contributed by atoms with van der Waals surface area (Å²) in [6.07, 6.45) is 0.877. The predicted molar refractivity (Wildman–Crippen MR) is 83.3 cm³/mol. The fraction of sp³-hybridized carbons (Fsp3) is 0.467. The topological polar surface area (TPSA) is 75.6 Å². The van der Waals surface area contributed by atoms with Crippen LogP contribution in [-0.2, 0) is 9.59 Å². The number of ether oxygens (including phenoxy) is 1. The molecule has 0 aromatic heterocycles. The third kappa shape index (κ3) is 6.16. The molecule has 0 spiro atoms. The maximum Gasteiger partial charge on any atom is 0.308 e. The van der Waals surface area contributed by atoms with Crippen molar-refractivity contribution in [3.05, 3.63) is 28.7 Å². The largest absolute Gasteiger partial charge is 0.492 e. The van der Waals surface area contributed by atoms with Gasteiger partial charge in [0.05, 0.1) is 17.0 Å². The van der Waals surface area contributed by atoms with Crippen molar-refractivity contribution in [2.45, 2.75) is 32.7 Å². The van der Waals surface area contributed by atoms with Crippen molar-refractivity contribution in [2.75, 3.05) is 6.61 Å². The summed E-state index contributed by atoms with van der Waals surface area (Å²) in [7, 11) is 0. The SMILES string of the molecule is CC(NC(=O)CCCOc1ccccc1Br)C(C)C(=O)O. The Kier molecular flexibility index (Phi) is 7.22. The number of aliphatic carboxylic acids is 1. The van der Waals surface area contributed by atoms with Gasteiger partial charge in [0.1, 0.15) is 5.75 Å². The lowest BCUT2D eigenvalue weighted by Gasteiger charge is -2.17. The summed E-state index contributed by atoms with van der Waals surface area (Å²) in [5.74, 6) is -0.942. The number of nitrogens with one attached hydrogen (secondary N) is 1. The van der Waals surface area contributed by atoms with Gasteiger partial charge in [0.25, 0.3) is 0 Å². The lowest BCUT2D eigenvalue weighted by atomic mass is 10.0. The first-order valence-corrected chi connectivity index (χ1v) is 7.60. The van der Waals surface area contributed by atoms with Crippen molar-refractivity contribution < 1.29 is 19.4 Å². The smallest absolute Gasteiger partial charge is 0.308 e. The molecule has 2 atom stereocenters. The van der Waals surface area contributed by atoms with Crippen LogP contribution in [0.25, 0.3) is 0 Å². The normalized spacial score (nSPS) is 13.3. The van der Waals surface area contributed by atoms with Crippen LogP contribution in [0.4, 0.5) is 0 Å². The van der Waals surface area contributed by atoms with Crippen LogP contribution in [-0.4, -0.2) is 29.6 Å². The van der Waals surface area contributed by atoms with Gasteiger partial charge in [0.15, 0.2) is 0 Å². The Hall–Kier alpha value is -1.56. The van der Waals surface area contributed by atoms with Crippen LogP contribution in [0.5, 0.6) is 5.75 Å². The quantitative estimate of drug-likeness (QED) is 0.701. The molecule has 2 N–H and O–H groups in total. The number of carbonyl (C=O) groups excluding carboxylic acids is 1. The Morgan fingerprint density at radius 1 is 1.33 bits per heavy atom. The van der Waals surface area contributed by atoms with Crippen molar-refractivity contribution >= 4 is 27.8 Å². The van der Waals surface area contributed by atoms with Gasteiger partial charge >= 0.3 is 5.97 Å². The highest BCUT2D eigenvalue weighted by Gasteiger charge is 2.20. The zero-order chi connectivity index (χ0) is 15.8. The second-order valence-electron chi connectivity index (χ2n) is 4.87. The Morgan fingerprint density at radius 2 is 2.00 bits per heavy atom. The zero-order valence-electron chi connectivity index (χ0n) is 12.1. The fourth-order valence-electron chi connectivity index (χ4n) is 1.64. The van der Waals surface area contributed by atoms with E-state index in [1.807, 2.05) is 24.3 Å². The molecule has 0 saturated carbocycles. The lowest BCUT2D eigenvalue weighted by molar-refractivity contribution is -0.142. The summed E-state index contributed by atoms with van der Waals surface area (Å²) >= 11 is 3.38. The summed E-state index contributed by atoms with van der Waals surface area (Å²) < 4.78 is 6.43. The van der Waals surface area contributed by atoms with E-state index in [-0.39, 0.29) is 11.9 Å². The minimum absolute atomic E-state index is 0.161. The van der Waals surface area contributed by atoms with Crippen LogP contribution >= 0.6 is 15.9 Å². The van der Waals surface area contributed by atoms with Gasteiger partial charge in [-0.3, -0.25) is 9.59 Å². The van der Waals surface area contributed by atoms with E-state index >= 15 is 0 Å². The number of carbonyl (C=O) groups is 2. The van der Waals surface area contributed by atoms with E-state index in [1.54, 1.807) is 13.8 Å². The molecule has 0 fully saturated rings. The molecule has 1 aromatic rings. The molecule has 0 saturated heterocycles. The van der Waals surface area contributed by atoms with Gasteiger partial charge in [0, 0.05) is 12.5 Å². The molecule has 0 bridgehead atoms. The van der Waals surface area contributed by atoms with Crippen molar-refractivity contribution in [3.8, 4) is 5.75 Å². The predicted octanol–water partition coefficient (Wildman–Crippen LogP) is 2.83. The van der Waals surface area contributed by atoms with E-state index in [0.717, 1.165) is 10.2 Å². The van der Waals surface area contributed by atoms with E-state index in [1.165, 1.54) is 0 Å². The van der Waals surface area contributed by atoms with Crippen molar-refractivity contribution in [1.82, 2.24) is 5.32 Å². The first-order valence-electron chi connectivity index (χ1n) is 6.81. The molecule has 6 heteroatoms. The average molecular weight is 358 g/mol. The highest BCUT2D eigenvalue weighted by atomic mass is 79.9. The van der Waals surface area contributed by atoms with Crippen molar-refractivity contribution in [1.29, 1.82) is 0 Å². The number of hydrogen-bond donors (Lipinski definition) is 2. The first-order chi connectivity index (χ1) is 9.91. The standard InChI is InChI=1S/C15H20BrNO4/c1-10(15(19)20)11(2)17-14(18)8-5-9-21-13-7-4-3-6-12(13)16/h3-4,6-7,10-11H,5,8-9H2,1-2H3,(H,17,18)(H,19,20). The summed E-state index contributed by atoms with van der Waals surface area (Å²) in [6.45, 7) is 3.69. The number of halogens is 1. The van der Waals surface area contributed by atoms with Gasteiger partial charge < -0.3 is 15.2 Å². The highest BCUT2D eigenvalue weighted by Crippen LogP contribution is 2.23. The molecule has 1 rings (SSSR count). The molecular formula is C15H20BrNO4. The number of hydrogen-bond acceptors (Lipinski definition) is 3. The molecule has 0 heterocycles. The van der Waals surface area contributed by atoms with Crippen LogP contribution in [0.3, 0.4) is 0 Å². The molecule has 2 unspecified atom stereocenters. The van der Waals surface area contributed by atoms with E-state index < -0.39 is 11.9 Å². The number of benzene rings is 1. The number of carboxylic acids is 1. The minimum atomic E-state index is -0.917. The van der Waals surface area contributed by atoms with Crippen LogP contribution in [0.2, 0.25) is 0 Å². The summed E-state index contributed by atoms with van der Waals surface area (Å²) in [4.78, 5) is 22.5. The molecule has 21 heavy (non-hydrogen) atoms. The minimum Gasteiger partial charge on any atom is -0.492 e. The Bertz CT molecular complexity index is 492. The third-order valence-electron chi connectivity index (χ3n) is 3.17. The van der Waals surface area contributed by atoms with Crippen LogP contribution in [0, 0.1) is 5.92 Å².